The van der Waals surface area contributed by atoms with Crippen molar-refractivity contribution in [3.8, 4) is 0 Å². The second kappa shape index (κ2) is 4.70. The van der Waals surface area contributed by atoms with Crippen molar-refractivity contribution in [1.29, 1.82) is 0 Å². The first-order valence-electron chi connectivity index (χ1n) is 4.36. The van der Waals surface area contributed by atoms with Crippen LogP contribution < -0.4 is 0 Å². The fraction of sp³-hybridized carbons (Fsp3) is 0.364. The van der Waals surface area contributed by atoms with Crippen LogP contribution in [0, 0.1) is 0 Å². The fourth-order valence-electron chi connectivity index (χ4n) is 1.13. The Bertz CT molecular complexity index is 238. The highest BCUT2D eigenvalue weighted by Gasteiger charge is 2.02. The number of hydrogen-bond donors (Lipinski definition) is 0. The molecule has 0 spiro atoms. The van der Waals surface area contributed by atoms with E-state index in [-0.39, 0.29) is 0 Å². The van der Waals surface area contributed by atoms with Crippen molar-refractivity contribution in [2.24, 2.45) is 0 Å². The molecule has 64 valence electrons. The van der Waals surface area contributed by atoms with Gasteiger partial charge >= 0.3 is 0 Å². The molecule has 0 amide bonds. The van der Waals surface area contributed by atoms with Gasteiger partial charge in [0, 0.05) is 17.8 Å². The second-order valence-corrected chi connectivity index (χ2v) is 2.96. The first-order valence-corrected chi connectivity index (χ1v) is 4.36. The van der Waals surface area contributed by atoms with Gasteiger partial charge in [-0.25, -0.2) is 0 Å². The van der Waals surface area contributed by atoms with Gasteiger partial charge in [-0.05, 0) is 25.5 Å². The molecular formula is C11H15N. The van der Waals surface area contributed by atoms with Crippen molar-refractivity contribution in [2.45, 2.75) is 26.2 Å². The fourth-order valence-corrected chi connectivity index (χ4v) is 1.13. The Kier molecular flexibility index (Phi) is 3.52. The summed E-state index contributed by atoms with van der Waals surface area (Å²) in [4.78, 5) is 4.30. The van der Waals surface area contributed by atoms with Gasteiger partial charge in [-0.1, -0.05) is 25.1 Å². The van der Waals surface area contributed by atoms with E-state index in [9.17, 15) is 0 Å². The molecule has 1 heterocycles. The maximum Gasteiger partial charge on any atom is 0.0434 e. The van der Waals surface area contributed by atoms with Gasteiger partial charge in [0.2, 0.25) is 0 Å². The summed E-state index contributed by atoms with van der Waals surface area (Å²) >= 11 is 0. The number of rotatable bonds is 3. The molecule has 0 aliphatic carbocycles. The van der Waals surface area contributed by atoms with E-state index >= 15 is 0 Å². The third kappa shape index (κ3) is 2.50. The SMILES string of the molecule is C/C=C\CC(C)c1ccccn1. The summed E-state index contributed by atoms with van der Waals surface area (Å²) in [6.07, 6.45) is 7.19. The lowest BCUT2D eigenvalue weighted by Gasteiger charge is -2.06. The molecule has 0 aliphatic heterocycles. The molecule has 0 bridgehead atoms. The Morgan fingerprint density at radius 1 is 1.50 bits per heavy atom. The van der Waals surface area contributed by atoms with Crippen LogP contribution >= 0.6 is 0 Å². The molecule has 1 atom stereocenters. The molecule has 1 heteroatoms. The van der Waals surface area contributed by atoms with Crippen LogP contribution in [0.25, 0.3) is 0 Å². The molecule has 1 nitrogen and oxygen atoms in total. The number of pyridine rings is 1. The van der Waals surface area contributed by atoms with E-state index in [2.05, 4.69) is 30.1 Å². The van der Waals surface area contributed by atoms with Gasteiger partial charge in [0.25, 0.3) is 0 Å². The van der Waals surface area contributed by atoms with Gasteiger partial charge in [0.05, 0.1) is 0 Å². The molecule has 1 aromatic heterocycles. The van der Waals surface area contributed by atoms with Crippen LogP contribution in [0.5, 0.6) is 0 Å². The van der Waals surface area contributed by atoms with E-state index in [1.54, 1.807) is 0 Å². The zero-order valence-corrected chi connectivity index (χ0v) is 7.70. The summed E-state index contributed by atoms with van der Waals surface area (Å²) in [6.45, 7) is 4.24. The minimum Gasteiger partial charge on any atom is -0.261 e. The molecule has 1 rings (SSSR count). The van der Waals surface area contributed by atoms with Gasteiger partial charge in [0.1, 0.15) is 0 Å². The Hall–Kier alpha value is -1.11. The van der Waals surface area contributed by atoms with Crippen molar-refractivity contribution in [2.75, 3.05) is 0 Å². The third-order valence-electron chi connectivity index (χ3n) is 1.92. The average Bonchev–Trinajstić information content (AvgIpc) is 2.15. The monoisotopic (exact) mass is 161 g/mol. The lowest BCUT2D eigenvalue weighted by molar-refractivity contribution is 0.749. The van der Waals surface area contributed by atoms with E-state index in [0.717, 1.165) is 6.42 Å². The maximum atomic E-state index is 4.30. The van der Waals surface area contributed by atoms with Gasteiger partial charge in [-0.15, -0.1) is 0 Å². The normalized spacial score (nSPS) is 13.5. The van der Waals surface area contributed by atoms with E-state index in [1.165, 1.54) is 5.69 Å². The van der Waals surface area contributed by atoms with Crippen molar-refractivity contribution < 1.29 is 0 Å². The number of allylic oxidation sites excluding steroid dienone is 2. The average molecular weight is 161 g/mol. The molecule has 0 aliphatic rings. The van der Waals surface area contributed by atoms with E-state index < -0.39 is 0 Å². The summed E-state index contributed by atoms with van der Waals surface area (Å²) in [7, 11) is 0. The quantitative estimate of drug-likeness (QED) is 0.620. The molecule has 0 fully saturated rings. The maximum absolute atomic E-state index is 4.30. The Morgan fingerprint density at radius 2 is 2.33 bits per heavy atom. The van der Waals surface area contributed by atoms with Crippen LogP contribution in [-0.4, -0.2) is 4.98 Å². The lowest BCUT2D eigenvalue weighted by Crippen LogP contribution is -1.94. The van der Waals surface area contributed by atoms with Crippen LogP contribution in [0.15, 0.2) is 36.5 Å². The first-order chi connectivity index (χ1) is 5.84. The highest BCUT2D eigenvalue weighted by atomic mass is 14.7. The van der Waals surface area contributed by atoms with Crippen LogP contribution in [0.2, 0.25) is 0 Å². The van der Waals surface area contributed by atoms with Crippen molar-refractivity contribution in [1.82, 2.24) is 4.98 Å². The molecule has 0 radical (unpaired) electrons. The highest BCUT2D eigenvalue weighted by Crippen LogP contribution is 2.15. The Morgan fingerprint density at radius 3 is 2.92 bits per heavy atom. The smallest absolute Gasteiger partial charge is 0.0434 e. The van der Waals surface area contributed by atoms with Crippen molar-refractivity contribution in [3.05, 3.63) is 42.2 Å². The summed E-state index contributed by atoms with van der Waals surface area (Å²) in [5.74, 6) is 0.530. The summed E-state index contributed by atoms with van der Waals surface area (Å²) < 4.78 is 0. The third-order valence-corrected chi connectivity index (χ3v) is 1.92. The van der Waals surface area contributed by atoms with Crippen LogP contribution in [-0.2, 0) is 0 Å². The molecule has 0 N–H and O–H groups in total. The largest absolute Gasteiger partial charge is 0.261 e. The first kappa shape index (κ1) is 8.98. The topological polar surface area (TPSA) is 12.9 Å². The Balaban J connectivity index is 2.59. The zero-order chi connectivity index (χ0) is 8.81. The predicted molar refractivity (Wildman–Crippen MR) is 52.1 cm³/mol. The Labute approximate surface area is 74.2 Å². The minimum absolute atomic E-state index is 0.530. The van der Waals surface area contributed by atoms with Crippen LogP contribution in [0.1, 0.15) is 31.9 Å². The van der Waals surface area contributed by atoms with Crippen molar-refractivity contribution >= 4 is 0 Å². The molecule has 0 aromatic carbocycles. The number of aromatic nitrogens is 1. The van der Waals surface area contributed by atoms with Gasteiger partial charge in [-0.2, -0.15) is 0 Å². The van der Waals surface area contributed by atoms with Crippen molar-refractivity contribution in [3.63, 3.8) is 0 Å². The minimum atomic E-state index is 0.530. The second-order valence-electron chi connectivity index (χ2n) is 2.96. The van der Waals surface area contributed by atoms with E-state index in [1.807, 2.05) is 25.3 Å². The van der Waals surface area contributed by atoms with Gasteiger partial charge in [0.15, 0.2) is 0 Å². The predicted octanol–water partition coefficient (Wildman–Crippen LogP) is 3.15. The van der Waals surface area contributed by atoms with E-state index in [4.69, 9.17) is 0 Å². The molecule has 0 saturated carbocycles. The van der Waals surface area contributed by atoms with Crippen LogP contribution in [0.3, 0.4) is 0 Å². The number of nitrogens with zero attached hydrogens (tertiary/aromatic N) is 1. The molecule has 1 unspecified atom stereocenters. The lowest BCUT2D eigenvalue weighted by atomic mass is 10.0. The molecule has 0 saturated heterocycles. The summed E-state index contributed by atoms with van der Waals surface area (Å²) in [6, 6.07) is 6.06. The summed E-state index contributed by atoms with van der Waals surface area (Å²) in [5, 5.41) is 0. The molecular weight excluding hydrogens is 146 g/mol. The highest BCUT2D eigenvalue weighted by molar-refractivity contribution is 5.09. The van der Waals surface area contributed by atoms with Gasteiger partial charge < -0.3 is 0 Å². The summed E-state index contributed by atoms with van der Waals surface area (Å²) in [5.41, 5.74) is 1.18. The number of hydrogen-bond acceptors (Lipinski definition) is 1. The zero-order valence-electron chi connectivity index (χ0n) is 7.70. The van der Waals surface area contributed by atoms with E-state index in [0.29, 0.717) is 5.92 Å². The molecule has 1 aromatic rings. The van der Waals surface area contributed by atoms with Gasteiger partial charge in [-0.3, -0.25) is 4.98 Å². The molecule has 12 heavy (non-hydrogen) atoms. The van der Waals surface area contributed by atoms with Crippen LogP contribution in [0.4, 0.5) is 0 Å². The standard InChI is InChI=1S/C11H15N/c1-3-4-7-10(2)11-8-5-6-9-12-11/h3-6,8-10H,7H2,1-2H3/b4-3-.